The lowest BCUT2D eigenvalue weighted by Crippen LogP contribution is -2.48. The average molecular weight is 594 g/mol. The summed E-state index contributed by atoms with van der Waals surface area (Å²) in [4.78, 5) is 37.7. The molecule has 1 atom stereocenters. The number of rotatable bonds is 20. The molecule has 4 N–H and O–H groups in total. The molecule has 2 aromatic rings. The first-order chi connectivity index (χ1) is 19.4. The van der Waals surface area contributed by atoms with Crippen molar-refractivity contribution in [2.75, 3.05) is 25.3 Å². The van der Waals surface area contributed by atoms with Crippen LogP contribution in [0.25, 0.3) is 11.2 Å². The van der Waals surface area contributed by atoms with Crippen molar-refractivity contribution in [3.8, 4) is 0 Å². The number of carbonyl (C=O) groups excluding carboxylic acids is 2. The van der Waals surface area contributed by atoms with Crippen molar-refractivity contribution in [3.63, 3.8) is 0 Å². The number of fused-ring (bicyclic) bond motifs is 1. The molecule has 0 aromatic carbocycles. The summed E-state index contributed by atoms with van der Waals surface area (Å²) in [5.41, 5.74) is 5.13. The van der Waals surface area contributed by atoms with Gasteiger partial charge in [-0.15, -0.1) is 0 Å². The van der Waals surface area contributed by atoms with Crippen LogP contribution in [0, 0.1) is 0 Å². The van der Waals surface area contributed by atoms with Crippen LogP contribution in [0.5, 0.6) is 0 Å². The molecular weight excluding hydrogens is 549 g/mol. The normalized spacial score (nSPS) is 12.9. The number of nitrogens with one attached hydrogen (secondary N) is 2. The van der Waals surface area contributed by atoms with Crippen LogP contribution in [0.1, 0.15) is 72.6 Å². The number of nitrogen functional groups attached to an aromatic ring is 1. The molecule has 0 aliphatic heterocycles. The maximum atomic E-state index is 14.1. The molecule has 2 heterocycles. The summed E-state index contributed by atoms with van der Waals surface area (Å²) in [6, 6.07) is 0. The van der Waals surface area contributed by atoms with Crippen LogP contribution >= 0.6 is 7.44 Å². The first kappa shape index (κ1) is 33.8. The van der Waals surface area contributed by atoms with Gasteiger partial charge in [0.2, 0.25) is 0 Å². The van der Waals surface area contributed by atoms with Gasteiger partial charge >= 0.3 is 11.9 Å². The topological polar surface area (TPSA) is 173 Å². The molecule has 2 rings (SSSR count). The van der Waals surface area contributed by atoms with Crippen LogP contribution in [0.2, 0.25) is 0 Å². The number of allylic oxidation sites excluding steroid dienone is 1. The minimum atomic E-state index is -3.85. The van der Waals surface area contributed by atoms with Crippen LogP contribution in [-0.2, 0) is 34.9 Å². The van der Waals surface area contributed by atoms with E-state index in [1.165, 1.54) is 26.5 Å². The number of esters is 2. The molecule has 2 aromatic heterocycles. The van der Waals surface area contributed by atoms with Crippen molar-refractivity contribution < 1.29 is 28.4 Å². The summed E-state index contributed by atoms with van der Waals surface area (Å²) >= 11 is 0. The van der Waals surface area contributed by atoms with Gasteiger partial charge < -0.3 is 29.6 Å². The number of unbranched alkanes of at least 4 members (excludes halogenated alkanes) is 5. The van der Waals surface area contributed by atoms with Crippen molar-refractivity contribution in [2.24, 2.45) is 0 Å². The summed E-state index contributed by atoms with van der Waals surface area (Å²) < 4.78 is 32.1. The van der Waals surface area contributed by atoms with Gasteiger partial charge in [0.05, 0.1) is 26.1 Å². The molecule has 0 amide bonds. The number of imidazole rings is 1. The number of carbonyl (C=O) groups is 2. The molecule has 0 radical (unpaired) electrons. The van der Waals surface area contributed by atoms with Gasteiger partial charge in [-0.3, -0.25) is 9.36 Å². The van der Waals surface area contributed by atoms with Crippen LogP contribution in [0.15, 0.2) is 37.3 Å². The molecule has 14 heteroatoms. The Bertz CT molecular complexity index is 1250. The Balaban J connectivity index is 2.11. The zero-order valence-corrected chi connectivity index (χ0v) is 25.5. The van der Waals surface area contributed by atoms with Crippen molar-refractivity contribution in [3.05, 3.63) is 37.3 Å². The zero-order chi connectivity index (χ0) is 30.5. The third-order valence-corrected chi connectivity index (χ3v) is 8.02. The van der Waals surface area contributed by atoms with Gasteiger partial charge in [0.25, 0.3) is 7.44 Å². The predicted octanol–water partition coefficient (Wildman–Crippen LogP) is 4.42. The van der Waals surface area contributed by atoms with E-state index in [0.717, 1.165) is 38.5 Å². The van der Waals surface area contributed by atoms with Crippen LogP contribution in [-0.4, -0.2) is 56.6 Å². The van der Waals surface area contributed by atoms with E-state index >= 15 is 0 Å². The minimum Gasteiger partial charge on any atom is -0.486 e. The molecule has 0 spiro atoms. The standard InChI is InChI=1S/C27H44N7O6P/c1-7-9-11-13-15-39-26(36)27(5,6)33-41(37,32-21(4)25(35)38-14-12-10-8-2)19-40-20(3)16-34-18-31-22-23(28)29-17-30-24(22)34/h17-18H,3-4,7-16,19H2,1-2,5-6H3,(H2,28,29,30)(H2,32,33,37). The van der Waals surface area contributed by atoms with Gasteiger partial charge in [-0.25, -0.2) is 24.8 Å². The van der Waals surface area contributed by atoms with Gasteiger partial charge in [0.15, 0.2) is 17.8 Å². The summed E-state index contributed by atoms with van der Waals surface area (Å²) in [7, 11) is -3.85. The van der Waals surface area contributed by atoms with Crippen molar-refractivity contribution >= 4 is 36.4 Å². The lowest BCUT2D eigenvalue weighted by Gasteiger charge is -2.31. The molecule has 0 fully saturated rings. The van der Waals surface area contributed by atoms with E-state index in [1.807, 2.05) is 6.92 Å². The average Bonchev–Trinajstić information content (AvgIpc) is 3.33. The van der Waals surface area contributed by atoms with E-state index in [0.29, 0.717) is 17.6 Å². The molecule has 0 aliphatic rings. The molecule has 0 saturated carbocycles. The predicted molar refractivity (Wildman–Crippen MR) is 158 cm³/mol. The maximum absolute atomic E-state index is 14.1. The van der Waals surface area contributed by atoms with Crippen LogP contribution in [0.3, 0.4) is 0 Å². The fraction of sp³-hybridized carbons (Fsp3) is 0.593. The first-order valence-corrected chi connectivity index (χ1v) is 15.7. The summed E-state index contributed by atoms with van der Waals surface area (Å²) in [6.07, 6.45) is 8.72. The second-order valence-corrected chi connectivity index (χ2v) is 12.4. The molecule has 41 heavy (non-hydrogen) atoms. The van der Waals surface area contributed by atoms with Gasteiger partial charge in [-0.2, -0.15) is 0 Å². The number of hydrogen-bond donors (Lipinski definition) is 3. The first-order valence-electron chi connectivity index (χ1n) is 13.8. The van der Waals surface area contributed by atoms with Gasteiger partial charge in [-0.05, 0) is 26.7 Å². The monoisotopic (exact) mass is 593 g/mol. The van der Waals surface area contributed by atoms with Gasteiger partial charge in [0, 0.05) is 0 Å². The minimum absolute atomic E-state index is 0.122. The number of anilines is 1. The molecule has 13 nitrogen and oxygen atoms in total. The highest BCUT2D eigenvalue weighted by Gasteiger charge is 2.39. The van der Waals surface area contributed by atoms with E-state index in [1.54, 1.807) is 4.57 Å². The Hall–Kier alpha value is -3.44. The van der Waals surface area contributed by atoms with Crippen molar-refractivity contribution in [1.29, 1.82) is 0 Å². The van der Waals surface area contributed by atoms with Crippen LogP contribution < -0.4 is 15.9 Å². The third-order valence-electron chi connectivity index (χ3n) is 5.97. The van der Waals surface area contributed by atoms with Crippen molar-refractivity contribution in [2.45, 2.75) is 84.7 Å². The number of aromatic nitrogens is 4. The maximum Gasteiger partial charge on any atom is 0.354 e. The highest BCUT2D eigenvalue weighted by molar-refractivity contribution is 7.59. The number of nitrogens with zero attached hydrogens (tertiary/aromatic N) is 4. The molecule has 0 bridgehead atoms. The zero-order valence-electron chi connectivity index (χ0n) is 24.6. The Labute approximate surface area is 241 Å². The van der Waals surface area contributed by atoms with E-state index in [9.17, 15) is 14.2 Å². The second kappa shape index (κ2) is 16.1. The fourth-order valence-electron chi connectivity index (χ4n) is 3.76. The largest absolute Gasteiger partial charge is 0.486 e. The summed E-state index contributed by atoms with van der Waals surface area (Å²) in [5, 5.41) is 5.44. The van der Waals surface area contributed by atoms with E-state index in [2.05, 4.69) is 45.2 Å². The smallest absolute Gasteiger partial charge is 0.354 e. The Morgan fingerprint density at radius 1 is 1.00 bits per heavy atom. The fourth-order valence-corrected chi connectivity index (χ4v) is 5.83. The Kier molecular flexibility index (Phi) is 13.3. The number of nitrogens with two attached hydrogens (primary N) is 1. The lowest BCUT2D eigenvalue weighted by atomic mass is 10.1. The number of ether oxygens (including phenoxy) is 3. The van der Waals surface area contributed by atoms with E-state index in [4.69, 9.17) is 19.9 Å². The molecular formula is C27H44N7O6P. The summed E-state index contributed by atoms with van der Waals surface area (Å²) in [5.74, 6) is -0.891. The SMILES string of the molecule is C=C(Cn1cnc2c(N)ncnc21)OCP(=O)(NC(=C)C(=O)OCCCCC)NC(C)(C)C(=O)OCCCCCC. The number of hydrogen-bond acceptors (Lipinski definition) is 10. The highest BCUT2D eigenvalue weighted by atomic mass is 31.2. The molecule has 0 saturated heterocycles. The second-order valence-electron chi connectivity index (χ2n) is 10.2. The van der Waals surface area contributed by atoms with E-state index in [-0.39, 0.29) is 37.0 Å². The Morgan fingerprint density at radius 3 is 2.37 bits per heavy atom. The third kappa shape index (κ3) is 10.8. The molecule has 1 unspecified atom stereocenters. The van der Waals surface area contributed by atoms with Crippen molar-refractivity contribution in [1.82, 2.24) is 29.7 Å². The van der Waals surface area contributed by atoms with Gasteiger partial charge in [0.1, 0.15) is 28.8 Å². The highest BCUT2D eigenvalue weighted by Crippen LogP contribution is 2.41. The molecule has 228 valence electrons. The Morgan fingerprint density at radius 2 is 1.66 bits per heavy atom. The lowest BCUT2D eigenvalue weighted by molar-refractivity contribution is -0.149. The van der Waals surface area contributed by atoms with E-state index < -0.39 is 31.3 Å². The summed E-state index contributed by atoms with van der Waals surface area (Å²) in [6.45, 7) is 15.4. The van der Waals surface area contributed by atoms with Gasteiger partial charge in [-0.1, -0.05) is 59.1 Å². The molecule has 0 aliphatic carbocycles. The van der Waals surface area contributed by atoms with Crippen LogP contribution in [0.4, 0.5) is 5.82 Å². The quantitative estimate of drug-likeness (QED) is 0.0650.